The number of aromatic nitrogens is 1. The maximum atomic E-state index is 13.3. The van der Waals surface area contributed by atoms with Crippen molar-refractivity contribution in [3.63, 3.8) is 0 Å². The number of nitrogens with one attached hydrogen (secondary N) is 1. The molecule has 2 N–H and O–H groups in total. The van der Waals surface area contributed by atoms with E-state index in [-0.39, 0.29) is 24.2 Å². The largest absolute Gasteiger partial charge is 0.454 e. The molecule has 0 saturated heterocycles. The Morgan fingerprint density at radius 2 is 1.84 bits per heavy atom. The molecule has 200 valence electrons. The third-order valence-electron chi connectivity index (χ3n) is 7.27. The van der Waals surface area contributed by atoms with Crippen LogP contribution in [0.5, 0.6) is 11.5 Å². The van der Waals surface area contributed by atoms with Crippen LogP contribution in [0.1, 0.15) is 38.2 Å². The first-order valence-corrected chi connectivity index (χ1v) is 14.1. The minimum absolute atomic E-state index is 0.129. The number of amides is 1. The number of ether oxygens (including phenoxy) is 2. The van der Waals surface area contributed by atoms with E-state index in [0.29, 0.717) is 35.0 Å². The fourth-order valence-electron chi connectivity index (χ4n) is 4.75. The molecular weight excluding hydrogens is 506 g/mol. The van der Waals surface area contributed by atoms with Crippen LogP contribution < -0.4 is 14.8 Å². The zero-order valence-electron chi connectivity index (χ0n) is 21.4. The first-order chi connectivity index (χ1) is 18.3. The van der Waals surface area contributed by atoms with Gasteiger partial charge in [-0.2, -0.15) is 4.31 Å². The molecule has 1 atom stereocenters. The Morgan fingerprint density at radius 1 is 1.11 bits per heavy atom. The summed E-state index contributed by atoms with van der Waals surface area (Å²) in [6.07, 6.45) is 2.80. The Labute approximate surface area is 222 Å². The van der Waals surface area contributed by atoms with Gasteiger partial charge in [-0.25, -0.2) is 13.4 Å². The summed E-state index contributed by atoms with van der Waals surface area (Å²) in [4.78, 5) is 18.0. The van der Waals surface area contributed by atoms with Gasteiger partial charge in [0.2, 0.25) is 22.7 Å². The molecule has 2 heterocycles. The number of fused-ring (bicyclic) bond motifs is 1. The summed E-state index contributed by atoms with van der Waals surface area (Å²) in [5, 5.41) is 12.6. The molecule has 1 aliphatic heterocycles. The lowest BCUT2D eigenvalue weighted by Gasteiger charge is -2.25. The fraction of sp³-hybridized carbons (Fsp3) is 0.357. The number of sulfonamides is 1. The van der Waals surface area contributed by atoms with Gasteiger partial charge < -0.3 is 19.9 Å². The van der Waals surface area contributed by atoms with E-state index < -0.39 is 21.5 Å². The van der Waals surface area contributed by atoms with E-state index in [9.17, 15) is 18.3 Å². The zero-order chi connectivity index (χ0) is 26.9. The van der Waals surface area contributed by atoms with Gasteiger partial charge in [0, 0.05) is 18.7 Å². The number of aliphatic hydroxyl groups is 1. The van der Waals surface area contributed by atoms with Crippen LogP contribution in [0, 0.1) is 0 Å². The molecule has 0 bridgehead atoms. The molecule has 3 aromatic rings. The van der Waals surface area contributed by atoms with E-state index in [2.05, 4.69) is 10.3 Å². The van der Waals surface area contributed by atoms with Crippen LogP contribution in [-0.4, -0.2) is 55.2 Å². The van der Waals surface area contributed by atoms with E-state index in [1.807, 2.05) is 25.1 Å². The molecule has 10 heteroatoms. The topological polar surface area (TPSA) is 118 Å². The number of aliphatic hydroxyl groups excluding tert-OH is 1. The number of carbonyl (C=O) groups excluding carboxylic acids is 1. The Kier molecular flexibility index (Phi) is 7.13. The van der Waals surface area contributed by atoms with Crippen molar-refractivity contribution in [2.75, 3.05) is 25.8 Å². The summed E-state index contributed by atoms with van der Waals surface area (Å²) in [7, 11) is -2.27. The van der Waals surface area contributed by atoms with Crippen LogP contribution in [0.2, 0.25) is 0 Å². The number of anilines is 1. The van der Waals surface area contributed by atoms with E-state index in [1.54, 1.807) is 30.3 Å². The molecule has 9 nitrogen and oxygen atoms in total. The summed E-state index contributed by atoms with van der Waals surface area (Å²) < 4.78 is 38.2. The molecule has 0 spiro atoms. The maximum absolute atomic E-state index is 13.3. The first-order valence-electron chi connectivity index (χ1n) is 12.7. The normalized spacial score (nSPS) is 16.3. The lowest BCUT2D eigenvalue weighted by atomic mass is 9.94. The number of benzene rings is 2. The van der Waals surface area contributed by atoms with Crippen molar-refractivity contribution < 1.29 is 27.8 Å². The molecule has 0 unspecified atom stereocenters. The third kappa shape index (κ3) is 4.87. The quantitative estimate of drug-likeness (QED) is 0.402. The highest BCUT2D eigenvalue weighted by molar-refractivity contribution is 7.89. The number of likely N-dealkylation sites (N-methyl/N-ethyl adjacent to an activating group) is 1. The molecule has 2 aromatic carbocycles. The van der Waals surface area contributed by atoms with Crippen LogP contribution in [-0.2, 0) is 20.2 Å². The van der Waals surface area contributed by atoms with Crippen molar-refractivity contribution in [1.82, 2.24) is 9.29 Å². The summed E-state index contributed by atoms with van der Waals surface area (Å²) in [5.74, 6) is 1.62. The maximum Gasteiger partial charge on any atom is 0.243 e. The smallest absolute Gasteiger partial charge is 0.243 e. The summed E-state index contributed by atoms with van der Waals surface area (Å²) in [5.41, 5.74) is 1.59. The number of pyridine rings is 1. The van der Waals surface area contributed by atoms with Gasteiger partial charge in [-0.3, -0.25) is 4.79 Å². The minimum Gasteiger partial charge on any atom is -0.454 e. The Hall–Kier alpha value is -3.47. The average Bonchev–Trinajstić information content (AvgIpc) is 3.62. The molecular formula is C28H31N3O6S. The highest BCUT2D eigenvalue weighted by Gasteiger charge is 2.51. The van der Waals surface area contributed by atoms with Gasteiger partial charge in [0.15, 0.2) is 11.5 Å². The third-order valence-corrected chi connectivity index (χ3v) is 9.20. The fourth-order valence-corrected chi connectivity index (χ4v) is 6.13. The molecule has 38 heavy (non-hydrogen) atoms. The van der Waals surface area contributed by atoms with Crippen molar-refractivity contribution in [3.05, 3.63) is 66.2 Å². The van der Waals surface area contributed by atoms with Crippen LogP contribution in [0.15, 0.2) is 65.6 Å². The zero-order valence-corrected chi connectivity index (χ0v) is 22.2. The standard InChI is InChI=1S/C28H31N3O6S/c1-3-5-21(17-32)31(2)38(34,35)22-11-8-19(9-12-22)23-6-4-7-26(29-23)30-27(33)28(14-15-28)20-10-13-24-25(16-20)37-18-36-24/h4,6-13,16,21,32H,3,5,14-15,17-18H2,1-2H3,(H,29,30,33)/t21-/m1/s1. The van der Waals surface area contributed by atoms with E-state index in [0.717, 1.165) is 24.8 Å². The summed E-state index contributed by atoms with van der Waals surface area (Å²) >= 11 is 0. The van der Waals surface area contributed by atoms with Crippen LogP contribution >= 0.6 is 0 Å². The highest BCUT2D eigenvalue weighted by Crippen LogP contribution is 2.51. The molecule has 1 saturated carbocycles. The number of hydrogen-bond donors (Lipinski definition) is 2. The van der Waals surface area contributed by atoms with Crippen molar-refractivity contribution in [2.45, 2.75) is 49.0 Å². The Morgan fingerprint density at radius 3 is 2.53 bits per heavy atom. The summed E-state index contributed by atoms with van der Waals surface area (Å²) in [6, 6.07) is 16.9. The van der Waals surface area contributed by atoms with Crippen LogP contribution in [0.25, 0.3) is 11.3 Å². The van der Waals surface area contributed by atoms with Crippen molar-refractivity contribution in [1.29, 1.82) is 0 Å². The van der Waals surface area contributed by atoms with E-state index in [4.69, 9.17) is 9.47 Å². The van der Waals surface area contributed by atoms with Gasteiger partial charge in [-0.05, 0) is 61.2 Å². The molecule has 1 aliphatic carbocycles. The number of hydrogen-bond acceptors (Lipinski definition) is 7. The van der Waals surface area contributed by atoms with Crippen molar-refractivity contribution in [2.24, 2.45) is 0 Å². The highest BCUT2D eigenvalue weighted by atomic mass is 32.2. The van der Waals surface area contributed by atoms with Crippen molar-refractivity contribution in [3.8, 4) is 22.8 Å². The number of nitrogens with zero attached hydrogens (tertiary/aromatic N) is 2. The predicted octanol–water partition coefficient (Wildman–Crippen LogP) is 3.93. The monoisotopic (exact) mass is 537 g/mol. The number of rotatable bonds is 10. The van der Waals surface area contributed by atoms with Crippen LogP contribution in [0.4, 0.5) is 5.82 Å². The Bertz CT molecular complexity index is 1440. The SMILES string of the molecule is CCC[C@H](CO)N(C)S(=O)(=O)c1ccc(-c2cccc(NC(=O)C3(c4ccc5c(c4)OCO5)CC3)n2)cc1. The molecule has 5 rings (SSSR count). The van der Waals surface area contributed by atoms with Crippen molar-refractivity contribution >= 4 is 21.7 Å². The van der Waals surface area contributed by atoms with Gasteiger partial charge >= 0.3 is 0 Å². The lowest BCUT2D eigenvalue weighted by molar-refractivity contribution is -0.118. The first kappa shape index (κ1) is 26.1. The van der Waals surface area contributed by atoms with Gasteiger partial charge in [0.1, 0.15) is 5.82 Å². The number of carbonyl (C=O) groups is 1. The Balaban J connectivity index is 1.31. The molecule has 1 amide bonds. The second-order valence-corrected chi connectivity index (χ2v) is 11.7. The van der Waals surface area contributed by atoms with Gasteiger partial charge in [0.05, 0.1) is 22.6 Å². The second-order valence-electron chi connectivity index (χ2n) is 9.68. The molecule has 1 fully saturated rings. The molecule has 0 radical (unpaired) electrons. The minimum atomic E-state index is -3.76. The van der Waals surface area contributed by atoms with Crippen LogP contribution in [0.3, 0.4) is 0 Å². The van der Waals surface area contributed by atoms with E-state index in [1.165, 1.54) is 23.5 Å². The lowest BCUT2D eigenvalue weighted by Crippen LogP contribution is -2.39. The van der Waals surface area contributed by atoms with Gasteiger partial charge in [-0.1, -0.05) is 37.6 Å². The van der Waals surface area contributed by atoms with Gasteiger partial charge in [-0.15, -0.1) is 0 Å². The predicted molar refractivity (Wildman–Crippen MR) is 143 cm³/mol. The second kappa shape index (κ2) is 10.4. The summed E-state index contributed by atoms with van der Waals surface area (Å²) in [6.45, 7) is 1.89. The van der Waals surface area contributed by atoms with E-state index >= 15 is 0 Å². The average molecular weight is 538 g/mol. The van der Waals surface area contributed by atoms with Gasteiger partial charge in [0.25, 0.3) is 0 Å². The molecule has 1 aromatic heterocycles. The molecule has 2 aliphatic rings.